The van der Waals surface area contributed by atoms with E-state index in [0.29, 0.717) is 19.8 Å². The molecule has 0 radical (unpaired) electrons. The van der Waals surface area contributed by atoms with Crippen molar-refractivity contribution >= 4 is 6.09 Å². The van der Waals surface area contributed by atoms with Crippen LogP contribution in [0.25, 0.3) is 0 Å². The highest BCUT2D eigenvalue weighted by molar-refractivity contribution is 5.68. The zero-order valence-corrected chi connectivity index (χ0v) is 16.7. The van der Waals surface area contributed by atoms with Crippen LogP contribution in [-0.2, 0) is 20.8 Å². The van der Waals surface area contributed by atoms with Crippen LogP contribution >= 0.6 is 0 Å². The van der Waals surface area contributed by atoms with Gasteiger partial charge >= 0.3 is 12.3 Å². The molecule has 1 rings (SSSR count). The number of carbonyl (C=O) groups is 1. The third-order valence-corrected chi connectivity index (χ3v) is 3.59. The average Bonchev–Trinajstić information content (AvgIpc) is 2.57. The van der Waals surface area contributed by atoms with E-state index in [1.165, 1.54) is 0 Å². The van der Waals surface area contributed by atoms with Crippen LogP contribution in [0.2, 0.25) is 0 Å². The Morgan fingerprint density at radius 2 is 1.64 bits per heavy atom. The number of hydrogen-bond acceptors (Lipinski definition) is 4. The van der Waals surface area contributed by atoms with Crippen molar-refractivity contribution in [1.29, 1.82) is 0 Å². The highest BCUT2D eigenvalue weighted by Crippen LogP contribution is 2.23. The predicted octanol–water partition coefficient (Wildman–Crippen LogP) is 4.85. The standard InChI is InChI=1S/C20H30F3NO4/c1-19(2,3)28-18(25)24-17(9-11-20(21,22)23)10-12-26-13-14-27-15-16-7-5-4-6-8-16/h4-8,17H,9-15H2,1-3H3,(H,24,25). The van der Waals surface area contributed by atoms with Gasteiger partial charge in [-0.05, 0) is 39.2 Å². The summed E-state index contributed by atoms with van der Waals surface area (Å²) in [4.78, 5) is 11.8. The van der Waals surface area contributed by atoms with Gasteiger partial charge in [0.2, 0.25) is 0 Å². The number of ether oxygens (including phenoxy) is 3. The minimum atomic E-state index is -4.28. The van der Waals surface area contributed by atoms with Crippen LogP contribution in [0.1, 0.15) is 45.6 Å². The van der Waals surface area contributed by atoms with E-state index in [9.17, 15) is 18.0 Å². The molecule has 5 nitrogen and oxygen atoms in total. The molecule has 0 saturated heterocycles. The summed E-state index contributed by atoms with van der Waals surface area (Å²) in [5, 5.41) is 2.50. The van der Waals surface area contributed by atoms with E-state index in [-0.39, 0.29) is 19.4 Å². The lowest BCUT2D eigenvalue weighted by molar-refractivity contribution is -0.136. The SMILES string of the molecule is CC(C)(C)OC(=O)NC(CCOCCOCc1ccccc1)CCC(F)(F)F. The van der Waals surface area contributed by atoms with Crippen LogP contribution in [0.5, 0.6) is 0 Å². The van der Waals surface area contributed by atoms with Crippen LogP contribution in [0.3, 0.4) is 0 Å². The van der Waals surface area contributed by atoms with E-state index < -0.39 is 30.3 Å². The molecule has 28 heavy (non-hydrogen) atoms. The first-order valence-corrected chi connectivity index (χ1v) is 9.31. The molecule has 1 unspecified atom stereocenters. The minimum Gasteiger partial charge on any atom is -0.444 e. The second-order valence-electron chi connectivity index (χ2n) is 7.44. The molecule has 0 fully saturated rings. The third-order valence-electron chi connectivity index (χ3n) is 3.59. The zero-order valence-electron chi connectivity index (χ0n) is 16.7. The summed E-state index contributed by atoms with van der Waals surface area (Å²) in [5.41, 5.74) is 0.335. The van der Waals surface area contributed by atoms with Gasteiger partial charge in [0.25, 0.3) is 0 Å². The largest absolute Gasteiger partial charge is 0.444 e. The van der Waals surface area contributed by atoms with Crippen molar-refractivity contribution in [2.75, 3.05) is 19.8 Å². The van der Waals surface area contributed by atoms with E-state index >= 15 is 0 Å². The van der Waals surface area contributed by atoms with E-state index in [2.05, 4.69) is 5.32 Å². The van der Waals surface area contributed by atoms with Crippen molar-refractivity contribution in [2.24, 2.45) is 0 Å². The van der Waals surface area contributed by atoms with Crippen molar-refractivity contribution in [3.63, 3.8) is 0 Å². The Morgan fingerprint density at radius 1 is 1.00 bits per heavy atom. The summed E-state index contributed by atoms with van der Waals surface area (Å²) in [6.45, 7) is 6.46. The Morgan fingerprint density at radius 3 is 2.25 bits per heavy atom. The number of amides is 1. The normalized spacial score (nSPS) is 13.2. The summed E-state index contributed by atoms with van der Waals surface area (Å²) in [5.74, 6) is 0. The third kappa shape index (κ3) is 13.4. The summed E-state index contributed by atoms with van der Waals surface area (Å²) in [6.07, 6.45) is -5.95. The highest BCUT2D eigenvalue weighted by atomic mass is 19.4. The molecule has 0 spiro atoms. The van der Waals surface area contributed by atoms with Crippen molar-refractivity contribution in [1.82, 2.24) is 5.32 Å². The first kappa shape index (κ1) is 24.2. The Bertz CT molecular complexity index is 559. The molecule has 0 saturated carbocycles. The highest BCUT2D eigenvalue weighted by Gasteiger charge is 2.29. The molecule has 8 heteroatoms. The summed E-state index contributed by atoms with van der Waals surface area (Å²) in [7, 11) is 0. The maximum absolute atomic E-state index is 12.5. The van der Waals surface area contributed by atoms with Gasteiger partial charge in [-0.15, -0.1) is 0 Å². The van der Waals surface area contributed by atoms with E-state index in [0.717, 1.165) is 5.56 Å². The van der Waals surface area contributed by atoms with Gasteiger partial charge in [0.1, 0.15) is 5.60 Å². The number of alkyl carbamates (subject to hydrolysis) is 1. The number of rotatable bonds is 11. The van der Waals surface area contributed by atoms with E-state index in [1.807, 2.05) is 30.3 Å². The molecule has 0 aliphatic heterocycles. The molecule has 1 aromatic carbocycles. The number of benzene rings is 1. The molecule has 1 atom stereocenters. The quantitative estimate of drug-likeness (QED) is 0.535. The van der Waals surface area contributed by atoms with Crippen LogP contribution in [0, 0.1) is 0 Å². The van der Waals surface area contributed by atoms with Crippen molar-refractivity contribution in [2.45, 2.75) is 64.5 Å². The first-order valence-electron chi connectivity index (χ1n) is 9.31. The maximum atomic E-state index is 12.5. The fourth-order valence-electron chi connectivity index (χ4n) is 2.31. The lowest BCUT2D eigenvalue weighted by atomic mass is 10.1. The number of carbonyl (C=O) groups excluding carboxylic acids is 1. The maximum Gasteiger partial charge on any atom is 0.407 e. The molecule has 0 aromatic heterocycles. The summed E-state index contributed by atoms with van der Waals surface area (Å²) >= 11 is 0. The Labute approximate surface area is 164 Å². The van der Waals surface area contributed by atoms with Crippen molar-refractivity contribution < 1.29 is 32.2 Å². The number of halogens is 3. The van der Waals surface area contributed by atoms with Gasteiger partial charge in [0.05, 0.1) is 19.8 Å². The van der Waals surface area contributed by atoms with Gasteiger partial charge < -0.3 is 19.5 Å². The van der Waals surface area contributed by atoms with E-state index in [4.69, 9.17) is 14.2 Å². The number of alkyl halides is 3. The van der Waals surface area contributed by atoms with Crippen LogP contribution in [0.15, 0.2) is 30.3 Å². The smallest absolute Gasteiger partial charge is 0.407 e. The second-order valence-corrected chi connectivity index (χ2v) is 7.44. The van der Waals surface area contributed by atoms with Crippen molar-refractivity contribution in [3.8, 4) is 0 Å². The Hall–Kier alpha value is -1.80. The van der Waals surface area contributed by atoms with Gasteiger partial charge in [-0.25, -0.2) is 4.79 Å². The van der Waals surface area contributed by atoms with Crippen molar-refractivity contribution in [3.05, 3.63) is 35.9 Å². The molecule has 1 aromatic rings. The molecule has 0 heterocycles. The van der Waals surface area contributed by atoms with Crippen LogP contribution in [-0.4, -0.2) is 43.7 Å². The molecule has 0 bridgehead atoms. The molecule has 0 aliphatic rings. The lowest BCUT2D eigenvalue weighted by Crippen LogP contribution is -2.40. The molecular formula is C20H30F3NO4. The Balaban J connectivity index is 2.28. The summed E-state index contributed by atoms with van der Waals surface area (Å²) < 4.78 is 53.5. The van der Waals surface area contributed by atoms with Crippen LogP contribution in [0.4, 0.5) is 18.0 Å². The first-order chi connectivity index (χ1) is 13.1. The second kappa shape index (κ2) is 11.9. The molecule has 1 N–H and O–H groups in total. The topological polar surface area (TPSA) is 56.8 Å². The van der Waals surface area contributed by atoms with E-state index in [1.54, 1.807) is 20.8 Å². The molecular weight excluding hydrogens is 375 g/mol. The summed E-state index contributed by atoms with van der Waals surface area (Å²) in [6, 6.07) is 9.00. The van der Waals surface area contributed by atoms with Gasteiger partial charge in [0, 0.05) is 19.1 Å². The van der Waals surface area contributed by atoms with Gasteiger partial charge in [-0.3, -0.25) is 0 Å². The fraction of sp³-hybridized carbons (Fsp3) is 0.650. The predicted molar refractivity (Wildman–Crippen MR) is 100.0 cm³/mol. The monoisotopic (exact) mass is 405 g/mol. The van der Waals surface area contributed by atoms with Gasteiger partial charge in [-0.1, -0.05) is 30.3 Å². The van der Waals surface area contributed by atoms with Gasteiger partial charge in [-0.2, -0.15) is 13.2 Å². The molecule has 160 valence electrons. The van der Waals surface area contributed by atoms with Crippen LogP contribution < -0.4 is 5.32 Å². The molecule has 1 amide bonds. The number of hydrogen-bond donors (Lipinski definition) is 1. The fourth-order valence-corrected chi connectivity index (χ4v) is 2.31. The van der Waals surface area contributed by atoms with Gasteiger partial charge in [0.15, 0.2) is 0 Å². The zero-order chi connectivity index (χ0) is 21.0. The number of nitrogens with one attached hydrogen (secondary N) is 1. The molecule has 0 aliphatic carbocycles. The minimum absolute atomic E-state index is 0.215. The average molecular weight is 405 g/mol. The lowest BCUT2D eigenvalue weighted by Gasteiger charge is -2.24. The Kier molecular flexibility index (Phi) is 10.3.